The molecule has 0 amide bonds. The molecule has 0 bridgehead atoms. The van der Waals surface area contributed by atoms with Crippen LogP contribution in [0.3, 0.4) is 0 Å². The molecule has 1 aliphatic heterocycles. The molecule has 0 spiro atoms. The van der Waals surface area contributed by atoms with Crippen molar-refractivity contribution in [2.45, 2.75) is 19.4 Å². The Morgan fingerprint density at radius 1 is 1.12 bits per heavy atom. The van der Waals surface area contributed by atoms with Crippen LogP contribution in [0.2, 0.25) is 0 Å². The van der Waals surface area contributed by atoms with Crippen LogP contribution in [-0.4, -0.2) is 15.8 Å². The lowest BCUT2D eigenvalue weighted by Crippen LogP contribution is -2.30. The minimum absolute atomic E-state index is 0.0516. The Balaban J connectivity index is 1.64. The third-order valence-corrected chi connectivity index (χ3v) is 4.66. The van der Waals surface area contributed by atoms with Gasteiger partial charge in [0.1, 0.15) is 11.8 Å². The van der Waals surface area contributed by atoms with Gasteiger partial charge in [-0.05, 0) is 49.0 Å². The average Bonchev–Trinajstić information content (AvgIpc) is 3.32. The fourth-order valence-electron chi connectivity index (χ4n) is 3.10. The highest BCUT2D eigenvalue weighted by molar-refractivity contribution is 7.80. The minimum Gasteiger partial charge on any atom is -0.467 e. The zero-order valence-electron chi connectivity index (χ0n) is 14.4. The molecule has 1 atom stereocenters. The number of rotatable bonds is 3. The molecule has 0 fully saturated rings. The number of hydrogen-bond donors (Lipinski definition) is 1. The maximum atomic E-state index is 5.65. The van der Waals surface area contributed by atoms with Gasteiger partial charge in [0.05, 0.1) is 12.0 Å². The SMILES string of the molecule is Cc1cccc(C2=NN(C(=S)Nc3ccccc3)C(c3ccco3)C2)c1. The van der Waals surface area contributed by atoms with Crippen molar-refractivity contribution in [3.8, 4) is 0 Å². The van der Waals surface area contributed by atoms with E-state index in [4.69, 9.17) is 21.7 Å². The van der Waals surface area contributed by atoms with E-state index in [1.165, 1.54) is 5.56 Å². The standard InChI is InChI=1S/C21H19N3OS/c1-15-7-5-8-16(13-15)18-14-19(20-11-6-12-25-20)24(23-18)21(26)22-17-9-3-2-4-10-17/h2-13,19H,14H2,1H3,(H,22,26). The molecule has 0 saturated heterocycles. The first-order chi connectivity index (χ1) is 12.7. The number of furan rings is 1. The van der Waals surface area contributed by atoms with Crippen LogP contribution in [0.15, 0.2) is 82.5 Å². The molecule has 0 aliphatic carbocycles. The monoisotopic (exact) mass is 361 g/mol. The number of thiocarbonyl (C=S) groups is 1. The van der Waals surface area contributed by atoms with Crippen molar-refractivity contribution in [3.05, 3.63) is 89.9 Å². The first-order valence-corrected chi connectivity index (χ1v) is 8.95. The number of nitrogens with zero attached hydrogens (tertiary/aromatic N) is 2. The number of aryl methyl sites for hydroxylation is 1. The first kappa shape index (κ1) is 16.5. The summed E-state index contributed by atoms with van der Waals surface area (Å²) in [5, 5.41) is 10.5. The van der Waals surface area contributed by atoms with Gasteiger partial charge in [-0.1, -0.05) is 48.0 Å². The fourth-order valence-corrected chi connectivity index (χ4v) is 3.39. The smallest absolute Gasteiger partial charge is 0.194 e. The van der Waals surface area contributed by atoms with E-state index < -0.39 is 0 Å². The van der Waals surface area contributed by atoms with Crippen LogP contribution in [-0.2, 0) is 0 Å². The van der Waals surface area contributed by atoms with Crippen molar-refractivity contribution in [1.29, 1.82) is 0 Å². The molecule has 130 valence electrons. The predicted molar refractivity (Wildman–Crippen MR) is 108 cm³/mol. The van der Waals surface area contributed by atoms with Gasteiger partial charge < -0.3 is 9.73 Å². The van der Waals surface area contributed by atoms with E-state index in [0.717, 1.165) is 29.1 Å². The van der Waals surface area contributed by atoms with Crippen molar-refractivity contribution in [3.63, 3.8) is 0 Å². The molecule has 1 aromatic heterocycles. The highest BCUT2D eigenvalue weighted by atomic mass is 32.1. The lowest BCUT2D eigenvalue weighted by molar-refractivity contribution is 0.318. The summed E-state index contributed by atoms with van der Waals surface area (Å²) >= 11 is 5.64. The summed E-state index contributed by atoms with van der Waals surface area (Å²) in [4.78, 5) is 0. The summed E-state index contributed by atoms with van der Waals surface area (Å²) in [6.45, 7) is 2.09. The van der Waals surface area contributed by atoms with E-state index >= 15 is 0 Å². The Kier molecular flexibility index (Phi) is 4.54. The molecule has 0 radical (unpaired) electrons. The molecule has 4 rings (SSSR count). The maximum absolute atomic E-state index is 5.65. The molecular formula is C21H19N3OS. The minimum atomic E-state index is -0.0516. The Labute approximate surface area is 158 Å². The van der Waals surface area contributed by atoms with Crippen molar-refractivity contribution in [1.82, 2.24) is 5.01 Å². The summed E-state index contributed by atoms with van der Waals surface area (Å²) in [6, 6.07) is 22.1. The summed E-state index contributed by atoms with van der Waals surface area (Å²) in [6.07, 6.45) is 2.43. The topological polar surface area (TPSA) is 40.8 Å². The van der Waals surface area contributed by atoms with Gasteiger partial charge in [0.25, 0.3) is 0 Å². The predicted octanol–water partition coefficient (Wildman–Crippen LogP) is 5.14. The van der Waals surface area contributed by atoms with E-state index in [2.05, 4.69) is 36.5 Å². The molecule has 1 aliphatic rings. The number of hydrogen-bond acceptors (Lipinski definition) is 3. The van der Waals surface area contributed by atoms with Crippen LogP contribution in [0.25, 0.3) is 0 Å². The summed E-state index contributed by atoms with van der Waals surface area (Å²) < 4.78 is 5.65. The zero-order chi connectivity index (χ0) is 17.9. The van der Waals surface area contributed by atoms with E-state index in [1.807, 2.05) is 47.5 Å². The van der Waals surface area contributed by atoms with E-state index in [1.54, 1.807) is 6.26 Å². The molecule has 1 unspecified atom stereocenters. The largest absolute Gasteiger partial charge is 0.467 e. The van der Waals surface area contributed by atoms with Crippen LogP contribution < -0.4 is 5.32 Å². The highest BCUT2D eigenvalue weighted by Gasteiger charge is 2.33. The van der Waals surface area contributed by atoms with E-state index in [-0.39, 0.29) is 6.04 Å². The van der Waals surface area contributed by atoms with Crippen LogP contribution in [0.5, 0.6) is 0 Å². The molecule has 0 saturated carbocycles. The van der Waals surface area contributed by atoms with Gasteiger partial charge in [-0.2, -0.15) is 5.10 Å². The maximum Gasteiger partial charge on any atom is 0.194 e. The second-order valence-electron chi connectivity index (χ2n) is 6.29. The van der Waals surface area contributed by atoms with Gasteiger partial charge in [0.15, 0.2) is 5.11 Å². The summed E-state index contributed by atoms with van der Waals surface area (Å²) in [5.74, 6) is 0.855. The average molecular weight is 361 g/mol. The molecule has 1 N–H and O–H groups in total. The van der Waals surface area contributed by atoms with Gasteiger partial charge >= 0.3 is 0 Å². The molecule has 2 aromatic carbocycles. The molecule has 26 heavy (non-hydrogen) atoms. The number of anilines is 1. The van der Waals surface area contributed by atoms with Crippen molar-refractivity contribution < 1.29 is 4.42 Å². The van der Waals surface area contributed by atoms with Gasteiger partial charge in [0.2, 0.25) is 0 Å². The van der Waals surface area contributed by atoms with Crippen molar-refractivity contribution in [2.24, 2.45) is 5.10 Å². The molecule has 3 aromatic rings. The van der Waals surface area contributed by atoms with Gasteiger partial charge in [0, 0.05) is 12.1 Å². The van der Waals surface area contributed by atoms with Gasteiger partial charge in [-0.3, -0.25) is 0 Å². The van der Waals surface area contributed by atoms with Crippen LogP contribution in [0, 0.1) is 6.92 Å². The second-order valence-corrected chi connectivity index (χ2v) is 6.68. The number of hydrazone groups is 1. The van der Waals surface area contributed by atoms with Crippen LogP contribution in [0.4, 0.5) is 5.69 Å². The molecule has 5 heteroatoms. The lowest BCUT2D eigenvalue weighted by Gasteiger charge is -2.23. The lowest BCUT2D eigenvalue weighted by atomic mass is 10.0. The van der Waals surface area contributed by atoms with Crippen molar-refractivity contribution >= 4 is 28.7 Å². The Bertz CT molecular complexity index is 935. The van der Waals surface area contributed by atoms with E-state index in [0.29, 0.717) is 5.11 Å². The van der Waals surface area contributed by atoms with E-state index in [9.17, 15) is 0 Å². The third-order valence-electron chi connectivity index (χ3n) is 4.37. The van der Waals surface area contributed by atoms with Crippen LogP contribution in [0.1, 0.15) is 29.3 Å². The molecular weight excluding hydrogens is 342 g/mol. The number of para-hydroxylation sites is 1. The highest BCUT2D eigenvalue weighted by Crippen LogP contribution is 2.33. The fraction of sp³-hybridized carbons (Fsp3) is 0.143. The Morgan fingerprint density at radius 3 is 2.69 bits per heavy atom. The number of benzene rings is 2. The zero-order valence-corrected chi connectivity index (χ0v) is 15.2. The van der Waals surface area contributed by atoms with Gasteiger partial charge in [-0.15, -0.1) is 0 Å². The number of nitrogens with one attached hydrogen (secondary N) is 1. The summed E-state index contributed by atoms with van der Waals surface area (Å²) in [5.41, 5.74) is 4.27. The third kappa shape index (κ3) is 3.39. The second kappa shape index (κ2) is 7.14. The Morgan fingerprint density at radius 2 is 1.96 bits per heavy atom. The first-order valence-electron chi connectivity index (χ1n) is 8.54. The molecule has 2 heterocycles. The normalized spacial score (nSPS) is 16.4. The molecule has 4 nitrogen and oxygen atoms in total. The summed E-state index contributed by atoms with van der Waals surface area (Å²) in [7, 11) is 0. The van der Waals surface area contributed by atoms with Crippen LogP contribution >= 0.6 is 12.2 Å². The van der Waals surface area contributed by atoms with Crippen molar-refractivity contribution in [2.75, 3.05) is 5.32 Å². The quantitative estimate of drug-likeness (QED) is 0.656. The van der Waals surface area contributed by atoms with Gasteiger partial charge in [-0.25, -0.2) is 5.01 Å². The Hall–Kier alpha value is -2.92.